The average Bonchev–Trinajstić information content (AvgIpc) is 2.66. The molecule has 2 aromatic rings. The Morgan fingerprint density at radius 1 is 1.07 bits per heavy atom. The molecule has 8 nitrogen and oxygen atoms in total. The van der Waals surface area contributed by atoms with Gasteiger partial charge in [0.1, 0.15) is 0 Å². The van der Waals surface area contributed by atoms with E-state index in [1.807, 2.05) is 13.8 Å². The molecule has 2 rings (SSSR count). The molecule has 0 bridgehead atoms. The van der Waals surface area contributed by atoms with Crippen molar-refractivity contribution in [3.05, 3.63) is 63.2 Å². The van der Waals surface area contributed by atoms with Crippen LogP contribution in [0.2, 0.25) is 0 Å². The number of non-ortho nitro benzene ring substituents is 1. The van der Waals surface area contributed by atoms with Gasteiger partial charge < -0.3 is 16.0 Å². The van der Waals surface area contributed by atoms with Gasteiger partial charge in [-0.05, 0) is 42.7 Å². The fourth-order valence-electron chi connectivity index (χ4n) is 2.59. The number of carbonyl (C=O) groups excluding carboxylic acids is 2. The second kappa shape index (κ2) is 8.98. The van der Waals surface area contributed by atoms with E-state index < -0.39 is 10.8 Å². The van der Waals surface area contributed by atoms with Gasteiger partial charge in [0.05, 0.1) is 10.5 Å². The first-order valence-corrected chi connectivity index (χ1v) is 8.89. The van der Waals surface area contributed by atoms with Gasteiger partial charge in [-0.1, -0.05) is 13.8 Å². The highest BCUT2D eigenvalue weighted by Gasteiger charge is 2.17. The Morgan fingerprint density at radius 2 is 1.75 bits per heavy atom. The van der Waals surface area contributed by atoms with E-state index in [-0.39, 0.29) is 17.2 Å². The Bertz CT molecular complexity index is 909. The zero-order valence-electron chi connectivity index (χ0n) is 16.3. The topological polar surface area (TPSA) is 113 Å². The Morgan fingerprint density at radius 3 is 2.32 bits per heavy atom. The van der Waals surface area contributed by atoms with Crippen molar-refractivity contribution >= 4 is 28.9 Å². The third kappa shape index (κ3) is 5.06. The van der Waals surface area contributed by atoms with Crippen molar-refractivity contribution in [2.45, 2.75) is 20.8 Å². The van der Waals surface area contributed by atoms with Gasteiger partial charge in [-0.25, -0.2) is 0 Å². The lowest BCUT2D eigenvalue weighted by molar-refractivity contribution is -0.384. The van der Waals surface area contributed by atoms with Crippen molar-refractivity contribution in [1.29, 1.82) is 0 Å². The maximum Gasteiger partial charge on any atom is 0.270 e. The number of anilines is 2. The molecule has 0 atom stereocenters. The second-order valence-electron chi connectivity index (χ2n) is 6.82. The van der Waals surface area contributed by atoms with Gasteiger partial charge in [-0.15, -0.1) is 0 Å². The molecule has 0 radical (unpaired) electrons. The van der Waals surface area contributed by atoms with E-state index in [0.29, 0.717) is 35.0 Å². The number of amides is 2. The maximum atomic E-state index is 12.7. The van der Waals surface area contributed by atoms with Crippen molar-refractivity contribution in [2.75, 3.05) is 24.2 Å². The highest BCUT2D eigenvalue weighted by molar-refractivity contribution is 6.09. The standard InChI is InChI=1S/C20H24N4O4/c1-12(2)11-22-19(25)14-5-7-17(13(3)9-14)23-20(26)16-10-15(24(27)28)6-8-18(16)21-4/h5-10,12,21H,11H2,1-4H3,(H,22,25)(H,23,26). The molecule has 2 aromatic carbocycles. The lowest BCUT2D eigenvalue weighted by atomic mass is 10.1. The monoisotopic (exact) mass is 384 g/mol. The lowest BCUT2D eigenvalue weighted by Gasteiger charge is -2.13. The largest absolute Gasteiger partial charge is 0.387 e. The minimum Gasteiger partial charge on any atom is -0.387 e. The summed E-state index contributed by atoms with van der Waals surface area (Å²) in [7, 11) is 1.63. The molecule has 0 spiro atoms. The molecule has 0 saturated heterocycles. The second-order valence-corrected chi connectivity index (χ2v) is 6.82. The van der Waals surface area contributed by atoms with Gasteiger partial charge in [0.15, 0.2) is 0 Å². The van der Waals surface area contributed by atoms with Crippen LogP contribution in [0.3, 0.4) is 0 Å². The van der Waals surface area contributed by atoms with Crippen LogP contribution in [-0.4, -0.2) is 30.3 Å². The Labute approximate surface area is 163 Å². The third-order valence-corrected chi connectivity index (χ3v) is 4.14. The van der Waals surface area contributed by atoms with Crippen molar-refractivity contribution in [3.8, 4) is 0 Å². The molecule has 0 aliphatic heterocycles. The molecule has 0 saturated carbocycles. The molecule has 8 heteroatoms. The number of nitro benzene ring substituents is 1. The van der Waals surface area contributed by atoms with Crippen LogP contribution in [0.1, 0.15) is 40.1 Å². The van der Waals surface area contributed by atoms with Gasteiger partial charge in [0, 0.05) is 42.7 Å². The van der Waals surface area contributed by atoms with Crippen LogP contribution in [0, 0.1) is 23.0 Å². The van der Waals surface area contributed by atoms with Crippen LogP contribution in [0.25, 0.3) is 0 Å². The molecule has 0 unspecified atom stereocenters. The summed E-state index contributed by atoms with van der Waals surface area (Å²) < 4.78 is 0. The molecule has 0 heterocycles. The first-order chi connectivity index (χ1) is 13.2. The smallest absolute Gasteiger partial charge is 0.270 e. The molecule has 28 heavy (non-hydrogen) atoms. The summed E-state index contributed by atoms with van der Waals surface area (Å²) in [6.45, 7) is 6.38. The number of rotatable bonds is 7. The van der Waals surface area contributed by atoms with E-state index in [1.54, 1.807) is 32.2 Å². The minimum atomic E-state index is -0.550. The predicted octanol–water partition coefficient (Wildman–Crippen LogP) is 3.58. The van der Waals surface area contributed by atoms with Crippen LogP contribution in [0.4, 0.5) is 17.1 Å². The van der Waals surface area contributed by atoms with E-state index in [9.17, 15) is 19.7 Å². The number of hydrogen-bond donors (Lipinski definition) is 3. The predicted molar refractivity (Wildman–Crippen MR) is 109 cm³/mol. The zero-order chi connectivity index (χ0) is 20.8. The van der Waals surface area contributed by atoms with Crippen LogP contribution < -0.4 is 16.0 Å². The number of nitro groups is 1. The Kier molecular flexibility index (Phi) is 6.70. The van der Waals surface area contributed by atoms with Crippen LogP contribution in [-0.2, 0) is 0 Å². The maximum absolute atomic E-state index is 12.7. The van der Waals surface area contributed by atoms with Gasteiger partial charge in [-0.3, -0.25) is 19.7 Å². The van der Waals surface area contributed by atoms with Crippen LogP contribution in [0.15, 0.2) is 36.4 Å². The first-order valence-electron chi connectivity index (χ1n) is 8.89. The molecule has 3 N–H and O–H groups in total. The van der Waals surface area contributed by atoms with Crippen molar-refractivity contribution < 1.29 is 14.5 Å². The summed E-state index contributed by atoms with van der Waals surface area (Å²) in [4.78, 5) is 35.3. The van der Waals surface area contributed by atoms with Gasteiger partial charge >= 0.3 is 0 Å². The fraction of sp³-hybridized carbons (Fsp3) is 0.300. The lowest BCUT2D eigenvalue weighted by Crippen LogP contribution is -2.27. The number of carbonyl (C=O) groups is 2. The number of hydrogen-bond acceptors (Lipinski definition) is 5. The quantitative estimate of drug-likeness (QED) is 0.499. The van der Waals surface area contributed by atoms with Crippen LogP contribution >= 0.6 is 0 Å². The van der Waals surface area contributed by atoms with Crippen LogP contribution in [0.5, 0.6) is 0 Å². The van der Waals surface area contributed by atoms with Gasteiger partial charge in [0.25, 0.3) is 17.5 Å². The van der Waals surface area contributed by atoms with E-state index in [0.717, 1.165) is 0 Å². The van der Waals surface area contributed by atoms with E-state index in [4.69, 9.17) is 0 Å². The summed E-state index contributed by atoms with van der Waals surface area (Å²) >= 11 is 0. The summed E-state index contributed by atoms with van der Waals surface area (Å²) in [6.07, 6.45) is 0. The van der Waals surface area contributed by atoms with E-state index >= 15 is 0 Å². The SMILES string of the molecule is CNc1ccc([N+](=O)[O-])cc1C(=O)Nc1ccc(C(=O)NCC(C)C)cc1C. The summed E-state index contributed by atoms with van der Waals surface area (Å²) in [5.41, 5.74) is 2.21. The molecule has 148 valence electrons. The molecule has 0 aliphatic carbocycles. The van der Waals surface area contributed by atoms with Crippen molar-refractivity contribution in [2.24, 2.45) is 5.92 Å². The molecular formula is C20H24N4O4. The molecule has 0 aromatic heterocycles. The van der Waals surface area contributed by atoms with E-state index in [2.05, 4.69) is 16.0 Å². The third-order valence-electron chi connectivity index (χ3n) is 4.14. The highest BCUT2D eigenvalue weighted by atomic mass is 16.6. The number of nitrogens with zero attached hydrogens (tertiary/aromatic N) is 1. The molecule has 0 fully saturated rings. The van der Waals surface area contributed by atoms with Crippen molar-refractivity contribution in [3.63, 3.8) is 0 Å². The normalized spacial score (nSPS) is 10.5. The Hall–Kier alpha value is -3.42. The average molecular weight is 384 g/mol. The van der Waals surface area contributed by atoms with E-state index in [1.165, 1.54) is 18.2 Å². The number of benzene rings is 2. The first kappa shape index (κ1) is 20.9. The fourth-order valence-corrected chi connectivity index (χ4v) is 2.59. The summed E-state index contributed by atoms with van der Waals surface area (Å²) in [6, 6.07) is 9.01. The zero-order valence-corrected chi connectivity index (χ0v) is 16.3. The molecule has 2 amide bonds. The number of nitrogens with one attached hydrogen (secondary N) is 3. The van der Waals surface area contributed by atoms with Crippen molar-refractivity contribution in [1.82, 2.24) is 5.32 Å². The highest BCUT2D eigenvalue weighted by Crippen LogP contribution is 2.24. The molecular weight excluding hydrogens is 360 g/mol. The van der Waals surface area contributed by atoms with Gasteiger partial charge in [0.2, 0.25) is 0 Å². The minimum absolute atomic E-state index is 0.162. The Balaban J connectivity index is 2.22. The summed E-state index contributed by atoms with van der Waals surface area (Å²) in [5.74, 6) is -0.307. The number of aryl methyl sites for hydroxylation is 1. The summed E-state index contributed by atoms with van der Waals surface area (Å²) in [5, 5.41) is 19.4. The van der Waals surface area contributed by atoms with Gasteiger partial charge in [-0.2, -0.15) is 0 Å². The molecule has 0 aliphatic rings.